The van der Waals surface area contributed by atoms with E-state index >= 15 is 0 Å². The number of epoxide rings is 1. The number of anilines is 1. The van der Waals surface area contributed by atoms with Crippen molar-refractivity contribution in [1.82, 2.24) is 25.8 Å². The van der Waals surface area contributed by atoms with Gasteiger partial charge in [0, 0.05) is 37.0 Å². The zero-order chi connectivity index (χ0) is 34.1. The van der Waals surface area contributed by atoms with Crippen molar-refractivity contribution in [2.45, 2.75) is 90.4 Å². The number of nitrogens with zero attached hydrogens (tertiary/aromatic N) is 2. The standard InChI is InChI=1S/C34H48N6O6S/c1-21(2)17-25(28(41)34(5)20-46-34)36-31(44)27(19-23-9-7-6-8-10-23)37-30(43)26(18-22(3)4)38-33(45)40-14-11-24(12-15-40)29(42)39-32-35-13-16-47-32/h6-10,13,16,21-22,24-27H,11-12,14-15,17-20H2,1-5H3,(H,36,44)(H,37,43)(H,38,45)(H,35,39,42)/t25-,26-,27-,34+/m0/s1. The van der Waals surface area contributed by atoms with Crippen molar-refractivity contribution in [3.8, 4) is 0 Å². The minimum absolute atomic E-state index is 0.0695. The van der Waals surface area contributed by atoms with E-state index in [1.807, 2.05) is 58.0 Å². The van der Waals surface area contributed by atoms with E-state index in [-0.39, 0.29) is 35.9 Å². The lowest BCUT2D eigenvalue weighted by molar-refractivity contribution is -0.133. The smallest absolute Gasteiger partial charge is 0.318 e. The van der Waals surface area contributed by atoms with E-state index in [0.717, 1.165) is 5.56 Å². The predicted molar refractivity (Wildman–Crippen MR) is 180 cm³/mol. The van der Waals surface area contributed by atoms with Crippen molar-refractivity contribution < 1.29 is 28.7 Å². The molecule has 3 heterocycles. The maximum Gasteiger partial charge on any atom is 0.318 e. The van der Waals surface area contributed by atoms with Gasteiger partial charge < -0.3 is 30.9 Å². The molecule has 0 spiro atoms. The van der Waals surface area contributed by atoms with Gasteiger partial charge in [-0.25, -0.2) is 9.78 Å². The summed E-state index contributed by atoms with van der Waals surface area (Å²) in [6.07, 6.45) is 3.60. The number of benzene rings is 1. The second kappa shape index (κ2) is 16.3. The number of hydrogen-bond acceptors (Lipinski definition) is 8. The molecule has 4 rings (SSSR count). The van der Waals surface area contributed by atoms with Crippen LogP contribution in [0.2, 0.25) is 0 Å². The monoisotopic (exact) mass is 668 g/mol. The number of hydrogen-bond donors (Lipinski definition) is 4. The number of amides is 5. The number of rotatable bonds is 15. The first-order valence-corrected chi connectivity index (χ1v) is 17.3. The number of carbonyl (C=O) groups is 5. The summed E-state index contributed by atoms with van der Waals surface area (Å²) in [5, 5.41) is 13.8. The molecule has 5 amide bonds. The Hall–Kier alpha value is -3.84. The van der Waals surface area contributed by atoms with Crippen LogP contribution in [0.4, 0.5) is 9.93 Å². The zero-order valence-electron chi connectivity index (χ0n) is 27.9. The Balaban J connectivity index is 1.42. The lowest BCUT2D eigenvalue weighted by Crippen LogP contribution is -2.58. The summed E-state index contributed by atoms with van der Waals surface area (Å²) in [4.78, 5) is 72.5. The van der Waals surface area contributed by atoms with Gasteiger partial charge in [-0.1, -0.05) is 58.0 Å². The summed E-state index contributed by atoms with van der Waals surface area (Å²) in [5.41, 5.74) is -0.0691. The molecular weight excluding hydrogens is 620 g/mol. The van der Waals surface area contributed by atoms with Gasteiger partial charge in [-0.3, -0.25) is 19.2 Å². The summed E-state index contributed by atoms with van der Waals surface area (Å²) in [6.45, 7) is 10.6. The molecule has 2 saturated heterocycles. The topological polar surface area (TPSA) is 162 Å². The van der Waals surface area contributed by atoms with Crippen LogP contribution in [0.5, 0.6) is 0 Å². The first-order chi connectivity index (χ1) is 22.3. The number of ether oxygens (including phenoxy) is 1. The van der Waals surface area contributed by atoms with Crippen LogP contribution in [0.25, 0.3) is 0 Å². The van der Waals surface area contributed by atoms with Crippen molar-refractivity contribution in [2.75, 3.05) is 25.0 Å². The quantitative estimate of drug-likeness (QED) is 0.211. The van der Waals surface area contributed by atoms with E-state index in [1.165, 1.54) is 11.3 Å². The Morgan fingerprint density at radius 2 is 1.51 bits per heavy atom. The number of aromatic nitrogens is 1. The molecule has 2 fully saturated rings. The Morgan fingerprint density at radius 3 is 2.09 bits per heavy atom. The van der Waals surface area contributed by atoms with Crippen LogP contribution >= 0.6 is 11.3 Å². The first kappa shape index (κ1) is 36.0. The first-order valence-electron chi connectivity index (χ1n) is 16.4. The highest BCUT2D eigenvalue weighted by atomic mass is 32.1. The molecule has 47 heavy (non-hydrogen) atoms. The molecule has 1 aromatic carbocycles. The van der Waals surface area contributed by atoms with Crippen LogP contribution in [-0.4, -0.2) is 82.8 Å². The molecule has 256 valence electrons. The largest absolute Gasteiger partial charge is 0.361 e. The molecular formula is C34H48N6O6S. The number of ketones is 1. The molecule has 1 aromatic heterocycles. The van der Waals surface area contributed by atoms with Gasteiger partial charge in [0.15, 0.2) is 10.9 Å². The minimum Gasteiger partial charge on any atom is -0.361 e. The minimum atomic E-state index is -0.987. The van der Waals surface area contributed by atoms with Crippen LogP contribution in [0.1, 0.15) is 65.9 Å². The molecule has 12 nitrogen and oxygen atoms in total. The van der Waals surface area contributed by atoms with E-state index in [0.29, 0.717) is 50.5 Å². The van der Waals surface area contributed by atoms with Crippen LogP contribution in [-0.2, 0) is 30.3 Å². The van der Waals surface area contributed by atoms with Gasteiger partial charge in [0.1, 0.15) is 17.7 Å². The number of likely N-dealkylation sites (tertiary alicyclic amines) is 1. The molecule has 2 aliphatic heterocycles. The fourth-order valence-electron chi connectivity index (χ4n) is 5.71. The molecule has 13 heteroatoms. The number of thiazole rings is 1. The predicted octanol–water partition coefficient (Wildman–Crippen LogP) is 3.53. The zero-order valence-corrected chi connectivity index (χ0v) is 28.7. The lowest BCUT2D eigenvalue weighted by Gasteiger charge is -2.33. The summed E-state index contributed by atoms with van der Waals surface area (Å²) in [7, 11) is 0. The van der Waals surface area contributed by atoms with Crippen LogP contribution in [0.3, 0.4) is 0 Å². The fourth-order valence-corrected chi connectivity index (χ4v) is 6.24. The normalized spacial score (nSPS) is 19.9. The molecule has 0 bridgehead atoms. The maximum atomic E-state index is 13.8. The van der Waals surface area contributed by atoms with Gasteiger partial charge in [0.25, 0.3) is 0 Å². The number of urea groups is 1. The van der Waals surface area contributed by atoms with E-state index in [4.69, 9.17) is 4.74 Å². The van der Waals surface area contributed by atoms with E-state index in [1.54, 1.807) is 23.4 Å². The summed E-state index contributed by atoms with van der Waals surface area (Å²) in [5.74, 6) is -1.29. The number of nitrogens with one attached hydrogen (secondary N) is 4. The summed E-state index contributed by atoms with van der Waals surface area (Å²) in [6, 6.07) is 6.29. The summed E-state index contributed by atoms with van der Waals surface area (Å²) < 4.78 is 5.38. The fraction of sp³-hybridized carbons (Fsp3) is 0.588. The second-order valence-electron chi connectivity index (χ2n) is 13.5. The SMILES string of the molecule is CC(C)C[C@H](NC(=O)N1CCC(C(=O)Nc2nccs2)CC1)C(=O)N[C@@H](Cc1ccccc1)C(=O)N[C@@H](CC(C)C)C(=O)[C@@]1(C)CO1. The molecule has 0 unspecified atom stereocenters. The second-order valence-corrected chi connectivity index (χ2v) is 14.4. The third-order valence-electron chi connectivity index (χ3n) is 8.49. The molecule has 2 aliphatic rings. The number of Topliss-reactive ketones (excluding diaryl/α,β-unsaturated/α-hetero) is 1. The van der Waals surface area contributed by atoms with Crippen molar-refractivity contribution in [3.63, 3.8) is 0 Å². The molecule has 0 radical (unpaired) electrons. The van der Waals surface area contributed by atoms with Crippen molar-refractivity contribution in [2.24, 2.45) is 17.8 Å². The average molecular weight is 669 g/mol. The van der Waals surface area contributed by atoms with Crippen molar-refractivity contribution in [1.29, 1.82) is 0 Å². The summed E-state index contributed by atoms with van der Waals surface area (Å²) >= 11 is 1.35. The van der Waals surface area contributed by atoms with Gasteiger partial charge in [-0.05, 0) is 50.0 Å². The van der Waals surface area contributed by atoms with Crippen LogP contribution in [0, 0.1) is 17.8 Å². The number of piperidine rings is 1. The average Bonchev–Trinajstić information content (AvgIpc) is 3.58. The third-order valence-corrected chi connectivity index (χ3v) is 9.18. The Morgan fingerprint density at radius 1 is 0.915 bits per heavy atom. The molecule has 0 saturated carbocycles. The highest BCUT2D eigenvalue weighted by molar-refractivity contribution is 7.13. The molecule has 2 aromatic rings. The van der Waals surface area contributed by atoms with Crippen molar-refractivity contribution in [3.05, 3.63) is 47.5 Å². The van der Waals surface area contributed by atoms with Gasteiger partial charge >= 0.3 is 6.03 Å². The van der Waals surface area contributed by atoms with Crippen LogP contribution < -0.4 is 21.3 Å². The van der Waals surface area contributed by atoms with E-state index in [9.17, 15) is 24.0 Å². The Bertz CT molecular complexity index is 1370. The Kier molecular flexibility index (Phi) is 12.5. The highest BCUT2D eigenvalue weighted by Crippen LogP contribution is 2.30. The van der Waals surface area contributed by atoms with Gasteiger partial charge in [-0.15, -0.1) is 11.3 Å². The molecule has 4 atom stereocenters. The third kappa shape index (κ3) is 10.6. The van der Waals surface area contributed by atoms with Gasteiger partial charge in [0.2, 0.25) is 17.7 Å². The van der Waals surface area contributed by atoms with Gasteiger partial charge in [0.05, 0.1) is 12.6 Å². The van der Waals surface area contributed by atoms with E-state index in [2.05, 4.69) is 26.3 Å². The molecule has 0 aliphatic carbocycles. The van der Waals surface area contributed by atoms with Gasteiger partial charge in [-0.2, -0.15) is 0 Å². The number of carbonyl (C=O) groups excluding carboxylic acids is 5. The highest BCUT2D eigenvalue weighted by Gasteiger charge is 2.50. The van der Waals surface area contributed by atoms with Crippen LogP contribution in [0.15, 0.2) is 41.9 Å². The van der Waals surface area contributed by atoms with E-state index < -0.39 is 41.6 Å². The van der Waals surface area contributed by atoms with Crippen molar-refractivity contribution >= 4 is 46.0 Å². The molecule has 4 N–H and O–H groups in total. The lowest BCUT2D eigenvalue weighted by atomic mass is 9.93. The Labute approximate surface area is 280 Å². The maximum absolute atomic E-state index is 13.8.